The molecule has 0 aliphatic rings. The summed E-state index contributed by atoms with van der Waals surface area (Å²) >= 11 is 0. The Morgan fingerprint density at radius 2 is 2.29 bits per heavy atom. The highest BCUT2D eigenvalue weighted by Gasteiger charge is 2.21. The van der Waals surface area contributed by atoms with E-state index in [9.17, 15) is 4.79 Å². The van der Waals surface area contributed by atoms with Crippen molar-refractivity contribution in [1.29, 1.82) is 0 Å². The molecule has 0 unspecified atom stereocenters. The van der Waals surface area contributed by atoms with Crippen molar-refractivity contribution in [3.8, 4) is 5.75 Å². The molecule has 0 fully saturated rings. The van der Waals surface area contributed by atoms with E-state index in [0.717, 1.165) is 0 Å². The number of hydrogen-bond donors (Lipinski definition) is 0. The molecule has 4 nitrogen and oxygen atoms in total. The topological polar surface area (TPSA) is 51.6 Å². The summed E-state index contributed by atoms with van der Waals surface area (Å²) in [7, 11) is 1.58. The van der Waals surface area contributed by atoms with Gasteiger partial charge in [0.2, 0.25) is 6.08 Å². The molecule has 1 aromatic heterocycles. The molecule has 0 bridgehead atoms. The molecule has 14 heavy (non-hydrogen) atoms. The van der Waals surface area contributed by atoms with E-state index < -0.39 is 5.54 Å². The minimum atomic E-state index is -0.656. The Hall–Kier alpha value is -1.67. The molecule has 4 heteroatoms. The lowest BCUT2D eigenvalue weighted by molar-refractivity contribution is 0.410. The number of carbonyl (C=O) groups excluding carboxylic acids is 1. The molecule has 0 aliphatic carbocycles. The first kappa shape index (κ1) is 10.4. The summed E-state index contributed by atoms with van der Waals surface area (Å²) in [6.45, 7) is 3.58. The smallest absolute Gasteiger partial charge is 0.235 e. The average Bonchev–Trinajstić information content (AvgIpc) is 2.18. The van der Waals surface area contributed by atoms with Crippen LogP contribution in [0.3, 0.4) is 0 Å². The second-order valence-electron chi connectivity index (χ2n) is 3.34. The predicted octanol–water partition coefficient (Wildman–Crippen LogP) is 1.66. The minimum absolute atomic E-state index is 0.656. The maximum atomic E-state index is 10.2. The summed E-state index contributed by atoms with van der Waals surface area (Å²) in [5.74, 6) is 0.698. The van der Waals surface area contributed by atoms with Crippen LogP contribution in [0.2, 0.25) is 0 Å². The van der Waals surface area contributed by atoms with Gasteiger partial charge in [0.25, 0.3) is 0 Å². The molecule has 0 radical (unpaired) electrons. The van der Waals surface area contributed by atoms with E-state index in [1.807, 2.05) is 0 Å². The molecular formula is C10H12N2O2. The van der Waals surface area contributed by atoms with E-state index in [1.54, 1.807) is 39.3 Å². The van der Waals surface area contributed by atoms with E-state index in [0.29, 0.717) is 11.4 Å². The van der Waals surface area contributed by atoms with Gasteiger partial charge in [0, 0.05) is 12.3 Å². The Balaban J connectivity index is 3.11. The lowest BCUT2D eigenvalue weighted by atomic mass is 10.0. The fourth-order valence-electron chi connectivity index (χ4n) is 1.04. The SMILES string of the molecule is COc1ccnc(C(C)(C)N=C=O)c1. The summed E-state index contributed by atoms with van der Waals surface area (Å²) in [5.41, 5.74) is 0.0243. The van der Waals surface area contributed by atoms with Crippen LogP contribution < -0.4 is 4.74 Å². The Morgan fingerprint density at radius 3 is 2.86 bits per heavy atom. The Bertz CT molecular complexity index is 368. The van der Waals surface area contributed by atoms with Crippen molar-refractivity contribution < 1.29 is 9.53 Å². The van der Waals surface area contributed by atoms with Gasteiger partial charge in [-0.15, -0.1) is 0 Å². The second kappa shape index (κ2) is 4.03. The molecule has 0 atom stereocenters. The number of aromatic nitrogens is 1. The third-order valence-electron chi connectivity index (χ3n) is 1.92. The van der Waals surface area contributed by atoms with Crippen LogP contribution in [0.15, 0.2) is 23.3 Å². The highest BCUT2D eigenvalue weighted by atomic mass is 16.5. The maximum absolute atomic E-state index is 10.2. The number of aliphatic imine (C=N–C) groups is 1. The molecule has 74 valence electrons. The first-order valence-corrected chi connectivity index (χ1v) is 4.19. The molecule has 0 N–H and O–H groups in total. The largest absolute Gasteiger partial charge is 0.497 e. The first-order valence-electron chi connectivity index (χ1n) is 4.19. The fourth-order valence-corrected chi connectivity index (χ4v) is 1.04. The summed E-state index contributed by atoms with van der Waals surface area (Å²) in [5, 5.41) is 0. The maximum Gasteiger partial charge on any atom is 0.235 e. The zero-order valence-electron chi connectivity index (χ0n) is 8.44. The van der Waals surface area contributed by atoms with Gasteiger partial charge < -0.3 is 4.74 Å². The number of hydrogen-bond acceptors (Lipinski definition) is 4. The van der Waals surface area contributed by atoms with Gasteiger partial charge >= 0.3 is 0 Å². The molecule has 1 rings (SSSR count). The number of rotatable bonds is 3. The second-order valence-corrected chi connectivity index (χ2v) is 3.34. The zero-order chi connectivity index (χ0) is 10.6. The number of pyridine rings is 1. The van der Waals surface area contributed by atoms with Crippen LogP contribution in [0.25, 0.3) is 0 Å². The Kier molecular flexibility index (Phi) is 2.99. The fraction of sp³-hybridized carbons (Fsp3) is 0.400. The van der Waals surface area contributed by atoms with Gasteiger partial charge in [-0.25, -0.2) is 4.79 Å². The molecule has 1 heterocycles. The number of isocyanates is 1. The molecule has 0 aliphatic heterocycles. The minimum Gasteiger partial charge on any atom is -0.497 e. The van der Waals surface area contributed by atoms with Crippen LogP contribution in [0.1, 0.15) is 19.5 Å². The number of ether oxygens (including phenoxy) is 1. The normalized spacial score (nSPS) is 10.5. The van der Waals surface area contributed by atoms with Crippen LogP contribution in [0.4, 0.5) is 0 Å². The van der Waals surface area contributed by atoms with Crippen LogP contribution in [-0.2, 0) is 10.3 Å². The van der Waals surface area contributed by atoms with Crippen LogP contribution in [0.5, 0.6) is 5.75 Å². The van der Waals surface area contributed by atoms with Crippen molar-refractivity contribution in [3.63, 3.8) is 0 Å². The van der Waals surface area contributed by atoms with Crippen LogP contribution in [0, 0.1) is 0 Å². The van der Waals surface area contributed by atoms with Gasteiger partial charge in [0.1, 0.15) is 11.3 Å². The van der Waals surface area contributed by atoms with Gasteiger partial charge in [0.15, 0.2) is 0 Å². The van der Waals surface area contributed by atoms with E-state index in [2.05, 4.69) is 9.98 Å². The van der Waals surface area contributed by atoms with Crippen molar-refractivity contribution >= 4 is 6.08 Å². The van der Waals surface area contributed by atoms with Crippen molar-refractivity contribution in [2.45, 2.75) is 19.4 Å². The van der Waals surface area contributed by atoms with Gasteiger partial charge in [-0.05, 0) is 19.9 Å². The van der Waals surface area contributed by atoms with Gasteiger partial charge in [-0.2, -0.15) is 4.99 Å². The monoisotopic (exact) mass is 192 g/mol. The lowest BCUT2D eigenvalue weighted by Crippen LogP contribution is -2.15. The lowest BCUT2D eigenvalue weighted by Gasteiger charge is -2.16. The average molecular weight is 192 g/mol. The number of methoxy groups -OCH3 is 1. The first-order chi connectivity index (χ1) is 6.60. The molecule has 1 aromatic rings. The van der Waals surface area contributed by atoms with Crippen molar-refractivity contribution in [1.82, 2.24) is 4.98 Å². The van der Waals surface area contributed by atoms with Crippen molar-refractivity contribution in [3.05, 3.63) is 24.0 Å². The van der Waals surface area contributed by atoms with Gasteiger partial charge in [-0.1, -0.05) is 0 Å². The molecule has 0 saturated heterocycles. The molecule has 0 spiro atoms. The third-order valence-corrected chi connectivity index (χ3v) is 1.92. The third kappa shape index (κ3) is 2.18. The molecule has 0 saturated carbocycles. The highest BCUT2D eigenvalue weighted by Crippen LogP contribution is 2.24. The highest BCUT2D eigenvalue weighted by molar-refractivity contribution is 5.37. The summed E-state index contributed by atoms with van der Waals surface area (Å²) < 4.78 is 5.05. The predicted molar refractivity (Wildman–Crippen MR) is 51.9 cm³/mol. The van der Waals surface area contributed by atoms with Crippen LogP contribution in [-0.4, -0.2) is 18.2 Å². The quantitative estimate of drug-likeness (QED) is 0.540. The van der Waals surface area contributed by atoms with E-state index in [1.165, 1.54) is 6.08 Å². The standard InChI is InChI=1S/C10H12N2O2/c1-10(2,12-7-13)9-6-8(14-3)4-5-11-9/h4-6H,1-3H3. The summed E-state index contributed by atoms with van der Waals surface area (Å²) in [6.07, 6.45) is 3.16. The zero-order valence-corrected chi connectivity index (χ0v) is 8.44. The van der Waals surface area contributed by atoms with Crippen molar-refractivity contribution in [2.75, 3.05) is 7.11 Å². The Morgan fingerprint density at radius 1 is 1.57 bits per heavy atom. The van der Waals surface area contributed by atoms with Crippen LogP contribution >= 0.6 is 0 Å². The Labute approximate surface area is 82.6 Å². The van der Waals surface area contributed by atoms with E-state index >= 15 is 0 Å². The summed E-state index contributed by atoms with van der Waals surface area (Å²) in [6, 6.07) is 3.49. The summed E-state index contributed by atoms with van der Waals surface area (Å²) in [4.78, 5) is 18.0. The van der Waals surface area contributed by atoms with Gasteiger partial charge in [0.05, 0.1) is 12.8 Å². The van der Waals surface area contributed by atoms with E-state index in [4.69, 9.17) is 4.74 Å². The number of nitrogens with zero attached hydrogens (tertiary/aromatic N) is 2. The molecule has 0 aromatic carbocycles. The molecule has 0 amide bonds. The van der Waals surface area contributed by atoms with E-state index in [-0.39, 0.29) is 0 Å². The van der Waals surface area contributed by atoms with Crippen molar-refractivity contribution in [2.24, 2.45) is 4.99 Å². The molecular weight excluding hydrogens is 180 g/mol. The van der Waals surface area contributed by atoms with Gasteiger partial charge in [-0.3, -0.25) is 4.98 Å².